The van der Waals surface area contributed by atoms with Gasteiger partial charge in [-0.3, -0.25) is 4.79 Å². The second-order valence-corrected chi connectivity index (χ2v) is 2.80. The lowest BCUT2D eigenvalue weighted by Gasteiger charge is -2.18. The molecule has 0 aromatic carbocycles. The van der Waals surface area contributed by atoms with E-state index in [1.165, 1.54) is 14.2 Å². The van der Waals surface area contributed by atoms with Crippen LogP contribution in [0.4, 0.5) is 0 Å². The van der Waals surface area contributed by atoms with Gasteiger partial charge >= 0.3 is 0 Å². The number of ether oxygens (including phenoxy) is 2. The summed E-state index contributed by atoms with van der Waals surface area (Å²) in [4.78, 5) is 11.4. The summed E-state index contributed by atoms with van der Waals surface area (Å²) >= 11 is 0. The minimum atomic E-state index is -0.680. The third-order valence-corrected chi connectivity index (χ3v) is 1.73. The molecule has 4 N–H and O–H groups in total. The number of amides is 1. The standard InChI is InChI=1S/C8H18N2O4/c1-13-5-6(4-11)10-8(12)7(3-9)14-2/h6-7,11H,3-5,9H2,1-2H3,(H,10,12). The molecule has 0 saturated carbocycles. The summed E-state index contributed by atoms with van der Waals surface area (Å²) in [5, 5.41) is 11.4. The summed E-state index contributed by atoms with van der Waals surface area (Å²) in [7, 11) is 2.90. The highest BCUT2D eigenvalue weighted by Crippen LogP contribution is 1.90. The van der Waals surface area contributed by atoms with Gasteiger partial charge in [-0.1, -0.05) is 0 Å². The van der Waals surface area contributed by atoms with Crippen molar-refractivity contribution in [3.8, 4) is 0 Å². The Morgan fingerprint density at radius 3 is 2.57 bits per heavy atom. The number of nitrogens with one attached hydrogen (secondary N) is 1. The zero-order valence-electron chi connectivity index (χ0n) is 8.53. The summed E-state index contributed by atoms with van der Waals surface area (Å²) in [6.45, 7) is 0.178. The molecule has 0 aromatic rings. The van der Waals surface area contributed by atoms with Gasteiger partial charge in [0.15, 0.2) is 0 Å². The van der Waals surface area contributed by atoms with Crippen LogP contribution in [0.1, 0.15) is 0 Å². The van der Waals surface area contributed by atoms with Gasteiger partial charge in [0.25, 0.3) is 5.91 Å². The van der Waals surface area contributed by atoms with Crippen molar-refractivity contribution in [2.24, 2.45) is 5.73 Å². The first-order valence-electron chi connectivity index (χ1n) is 4.32. The van der Waals surface area contributed by atoms with Crippen LogP contribution in [0.25, 0.3) is 0 Å². The molecule has 0 fully saturated rings. The van der Waals surface area contributed by atoms with Gasteiger partial charge in [0.1, 0.15) is 6.10 Å². The summed E-state index contributed by atoms with van der Waals surface area (Å²) < 4.78 is 9.62. The number of carbonyl (C=O) groups is 1. The molecule has 14 heavy (non-hydrogen) atoms. The van der Waals surface area contributed by atoms with E-state index >= 15 is 0 Å². The topological polar surface area (TPSA) is 93.8 Å². The molecule has 0 saturated heterocycles. The van der Waals surface area contributed by atoms with Crippen molar-refractivity contribution in [1.82, 2.24) is 5.32 Å². The Morgan fingerprint density at radius 2 is 2.21 bits per heavy atom. The molecule has 0 aliphatic heterocycles. The van der Waals surface area contributed by atoms with Gasteiger partial charge in [0.05, 0.1) is 19.3 Å². The molecule has 0 rings (SSSR count). The number of aliphatic hydroxyl groups excluding tert-OH is 1. The van der Waals surface area contributed by atoms with Gasteiger partial charge in [0.2, 0.25) is 0 Å². The van der Waals surface area contributed by atoms with Crippen molar-refractivity contribution in [3.05, 3.63) is 0 Å². The van der Waals surface area contributed by atoms with E-state index in [0.717, 1.165) is 0 Å². The van der Waals surface area contributed by atoms with Crippen LogP contribution in [0.5, 0.6) is 0 Å². The van der Waals surface area contributed by atoms with E-state index < -0.39 is 12.1 Å². The van der Waals surface area contributed by atoms with Crippen LogP contribution in [0.3, 0.4) is 0 Å². The molecule has 6 nitrogen and oxygen atoms in total. The summed E-state index contributed by atoms with van der Waals surface area (Å²) in [5.41, 5.74) is 5.30. The molecule has 0 bridgehead atoms. The third kappa shape index (κ3) is 4.52. The van der Waals surface area contributed by atoms with Gasteiger partial charge in [-0.05, 0) is 0 Å². The molecule has 1 amide bonds. The number of aliphatic hydroxyl groups is 1. The first-order chi connectivity index (χ1) is 6.69. The van der Waals surface area contributed by atoms with E-state index in [0.29, 0.717) is 0 Å². The van der Waals surface area contributed by atoms with Gasteiger partial charge in [-0.2, -0.15) is 0 Å². The highest BCUT2D eigenvalue weighted by molar-refractivity contribution is 5.81. The molecular weight excluding hydrogens is 188 g/mol. The molecule has 0 aliphatic rings. The largest absolute Gasteiger partial charge is 0.394 e. The van der Waals surface area contributed by atoms with Crippen LogP contribution in [0, 0.1) is 0 Å². The average Bonchev–Trinajstić information content (AvgIpc) is 2.19. The Kier molecular flexibility index (Phi) is 7.31. The molecule has 0 heterocycles. The minimum Gasteiger partial charge on any atom is -0.394 e. The molecule has 0 radical (unpaired) electrons. The van der Waals surface area contributed by atoms with E-state index in [1.54, 1.807) is 0 Å². The number of methoxy groups -OCH3 is 2. The Morgan fingerprint density at radius 1 is 1.57 bits per heavy atom. The molecule has 2 unspecified atom stereocenters. The van der Waals surface area contributed by atoms with Gasteiger partial charge in [-0.25, -0.2) is 0 Å². The highest BCUT2D eigenvalue weighted by atomic mass is 16.5. The van der Waals surface area contributed by atoms with Crippen LogP contribution in [0.15, 0.2) is 0 Å². The fourth-order valence-corrected chi connectivity index (χ4v) is 0.946. The fraction of sp³-hybridized carbons (Fsp3) is 0.875. The van der Waals surface area contributed by atoms with E-state index in [1.807, 2.05) is 0 Å². The lowest BCUT2D eigenvalue weighted by Crippen LogP contribution is -2.48. The molecule has 6 heteroatoms. The van der Waals surface area contributed by atoms with Crippen molar-refractivity contribution in [3.63, 3.8) is 0 Å². The van der Waals surface area contributed by atoms with E-state index in [-0.39, 0.29) is 25.7 Å². The third-order valence-electron chi connectivity index (χ3n) is 1.73. The van der Waals surface area contributed by atoms with Crippen molar-refractivity contribution < 1.29 is 19.4 Å². The minimum absolute atomic E-state index is 0.105. The molecule has 0 spiro atoms. The van der Waals surface area contributed by atoms with Crippen LogP contribution < -0.4 is 11.1 Å². The first kappa shape index (κ1) is 13.3. The van der Waals surface area contributed by atoms with Gasteiger partial charge in [-0.15, -0.1) is 0 Å². The maximum absolute atomic E-state index is 11.4. The zero-order valence-corrected chi connectivity index (χ0v) is 8.53. The number of hydrogen-bond acceptors (Lipinski definition) is 5. The number of rotatable bonds is 7. The predicted octanol–water partition coefficient (Wildman–Crippen LogP) is -1.92. The Labute approximate surface area is 83.4 Å². The van der Waals surface area contributed by atoms with E-state index in [9.17, 15) is 4.79 Å². The second kappa shape index (κ2) is 7.69. The predicted molar refractivity (Wildman–Crippen MR) is 50.7 cm³/mol. The van der Waals surface area contributed by atoms with Crippen LogP contribution in [0.2, 0.25) is 0 Å². The molecule has 2 atom stereocenters. The normalized spacial score (nSPS) is 14.9. The molecular formula is C8H18N2O4. The second-order valence-electron chi connectivity index (χ2n) is 2.80. The first-order valence-corrected chi connectivity index (χ1v) is 4.32. The SMILES string of the molecule is COCC(CO)NC(=O)C(CN)OC. The van der Waals surface area contributed by atoms with Gasteiger partial charge < -0.3 is 25.6 Å². The quantitative estimate of drug-likeness (QED) is 0.451. The fourth-order valence-electron chi connectivity index (χ4n) is 0.946. The smallest absolute Gasteiger partial charge is 0.250 e. The van der Waals surface area contributed by atoms with Crippen molar-refractivity contribution in [2.45, 2.75) is 12.1 Å². The van der Waals surface area contributed by atoms with Crippen LogP contribution in [-0.4, -0.2) is 57.1 Å². The number of hydrogen-bond donors (Lipinski definition) is 3. The molecule has 0 aromatic heterocycles. The Balaban J connectivity index is 3.99. The van der Waals surface area contributed by atoms with E-state index in [4.69, 9.17) is 20.3 Å². The maximum atomic E-state index is 11.4. The van der Waals surface area contributed by atoms with Crippen LogP contribution >= 0.6 is 0 Å². The molecule has 84 valence electrons. The van der Waals surface area contributed by atoms with Crippen molar-refractivity contribution in [1.29, 1.82) is 0 Å². The van der Waals surface area contributed by atoms with E-state index in [2.05, 4.69) is 5.32 Å². The lowest BCUT2D eigenvalue weighted by atomic mass is 10.2. The Bertz CT molecular complexity index is 161. The van der Waals surface area contributed by atoms with Crippen molar-refractivity contribution >= 4 is 5.91 Å². The monoisotopic (exact) mass is 206 g/mol. The Hall–Kier alpha value is -0.690. The van der Waals surface area contributed by atoms with Crippen molar-refractivity contribution in [2.75, 3.05) is 34.0 Å². The number of carbonyl (C=O) groups excluding carboxylic acids is 1. The maximum Gasteiger partial charge on any atom is 0.250 e. The lowest BCUT2D eigenvalue weighted by molar-refractivity contribution is -0.132. The average molecular weight is 206 g/mol. The zero-order chi connectivity index (χ0) is 11.0. The summed E-state index contributed by atoms with van der Waals surface area (Å²) in [6.07, 6.45) is -0.680. The van der Waals surface area contributed by atoms with Gasteiger partial charge in [0, 0.05) is 20.8 Å². The summed E-state index contributed by atoms with van der Waals surface area (Å²) in [5.74, 6) is -0.342. The van der Waals surface area contributed by atoms with Crippen LogP contribution in [-0.2, 0) is 14.3 Å². The summed E-state index contributed by atoms with van der Waals surface area (Å²) in [6, 6.07) is -0.420. The number of nitrogens with two attached hydrogens (primary N) is 1. The highest BCUT2D eigenvalue weighted by Gasteiger charge is 2.19. The molecule has 0 aliphatic carbocycles.